The van der Waals surface area contributed by atoms with E-state index in [1.54, 1.807) is 13.2 Å². The molecule has 0 bridgehead atoms. The van der Waals surface area contributed by atoms with Crippen molar-refractivity contribution in [1.29, 1.82) is 0 Å². The van der Waals surface area contributed by atoms with Gasteiger partial charge < -0.3 is 13.9 Å². The molecule has 0 spiro atoms. The molecule has 3 aromatic rings. The highest BCUT2D eigenvalue weighted by atomic mass is 16.5. The Labute approximate surface area is 158 Å². The van der Waals surface area contributed by atoms with E-state index in [4.69, 9.17) is 13.9 Å². The minimum Gasteiger partial charge on any atom is -0.496 e. The first-order chi connectivity index (χ1) is 13.0. The molecular weight excluding hydrogens is 342 g/mol. The predicted octanol–water partition coefficient (Wildman–Crippen LogP) is 4.34. The Hall–Kier alpha value is -2.79. The summed E-state index contributed by atoms with van der Waals surface area (Å²) in [5, 5.41) is 0.564. The molecule has 1 aliphatic rings. The van der Waals surface area contributed by atoms with Crippen LogP contribution in [0.1, 0.15) is 25.2 Å². The summed E-state index contributed by atoms with van der Waals surface area (Å²) in [6.45, 7) is 7.31. The van der Waals surface area contributed by atoms with E-state index in [2.05, 4.69) is 18.7 Å². The van der Waals surface area contributed by atoms with E-state index in [1.807, 2.05) is 37.3 Å². The first-order valence-electron chi connectivity index (χ1n) is 9.10. The van der Waals surface area contributed by atoms with Crippen LogP contribution in [0.3, 0.4) is 0 Å². The van der Waals surface area contributed by atoms with Crippen molar-refractivity contribution >= 4 is 11.0 Å². The third kappa shape index (κ3) is 2.88. The summed E-state index contributed by atoms with van der Waals surface area (Å²) in [6.07, 6.45) is 0. The van der Waals surface area contributed by atoms with Gasteiger partial charge in [-0.1, -0.05) is 18.2 Å². The van der Waals surface area contributed by atoms with Crippen molar-refractivity contribution in [3.63, 3.8) is 0 Å². The molecule has 0 atom stereocenters. The lowest BCUT2D eigenvalue weighted by Gasteiger charge is -2.32. The van der Waals surface area contributed by atoms with Crippen LogP contribution in [-0.2, 0) is 6.54 Å². The predicted molar refractivity (Wildman–Crippen MR) is 105 cm³/mol. The number of methoxy groups -OCH3 is 1. The number of hydrogen-bond acceptors (Lipinski definition) is 5. The molecule has 140 valence electrons. The Kier molecular flexibility index (Phi) is 4.40. The first kappa shape index (κ1) is 17.6. The highest BCUT2D eigenvalue weighted by Crippen LogP contribution is 2.36. The molecule has 0 aliphatic carbocycles. The summed E-state index contributed by atoms with van der Waals surface area (Å²) in [6, 6.07) is 11.5. The van der Waals surface area contributed by atoms with Crippen LogP contribution >= 0.6 is 0 Å². The standard InChI is InChI=1S/C22H23NO4/c1-13(2)23-11-17-19(26-12-23)10-9-16-21(24)20(14(3)27-22(16)17)15-7-5-6-8-18(15)25-4/h5-10,13H,11-12H2,1-4H3. The van der Waals surface area contributed by atoms with Gasteiger partial charge in [0.25, 0.3) is 0 Å². The highest BCUT2D eigenvalue weighted by molar-refractivity contribution is 5.87. The third-order valence-electron chi connectivity index (χ3n) is 5.15. The summed E-state index contributed by atoms with van der Waals surface area (Å²) in [5.74, 6) is 2.01. The molecule has 1 aliphatic heterocycles. The maximum Gasteiger partial charge on any atom is 0.200 e. The number of nitrogens with zero attached hydrogens (tertiary/aromatic N) is 1. The molecule has 0 radical (unpaired) electrons. The molecule has 4 rings (SSSR count). The quantitative estimate of drug-likeness (QED) is 0.691. The van der Waals surface area contributed by atoms with Crippen molar-refractivity contribution in [3.05, 3.63) is 57.9 Å². The Morgan fingerprint density at radius 3 is 2.67 bits per heavy atom. The number of hydrogen-bond donors (Lipinski definition) is 0. The van der Waals surface area contributed by atoms with Crippen molar-refractivity contribution in [2.75, 3.05) is 13.8 Å². The average Bonchev–Trinajstić information content (AvgIpc) is 2.67. The second-order valence-electron chi connectivity index (χ2n) is 7.10. The number of aryl methyl sites for hydroxylation is 1. The van der Waals surface area contributed by atoms with E-state index in [1.165, 1.54) is 0 Å². The highest BCUT2D eigenvalue weighted by Gasteiger charge is 2.25. The van der Waals surface area contributed by atoms with Gasteiger partial charge in [-0.3, -0.25) is 9.69 Å². The van der Waals surface area contributed by atoms with Gasteiger partial charge in [-0.15, -0.1) is 0 Å². The molecule has 0 unspecified atom stereocenters. The second-order valence-corrected chi connectivity index (χ2v) is 7.10. The van der Waals surface area contributed by atoms with E-state index in [9.17, 15) is 4.79 Å². The van der Waals surface area contributed by atoms with Gasteiger partial charge in [0.2, 0.25) is 5.43 Å². The average molecular weight is 365 g/mol. The minimum atomic E-state index is -0.0530. The van der Waals surface area contributed by atoms with Gasteiger partial charge in [0.05, 0.1) is 23.6 Å². The number of rotatable bonds is 3. The smallest absolute Gasteiger partial charge is 0.200 e. The molecular formula is C22H23NO4. The Bertz CT molecular complexity index is 1070. The van der Waals surface area contributed by atoms with E-state index in [0.717, 1.165) is 16.9 Å². The normalized spacial score (nSPS) is 14.3. The lowest BCUT2D eigenvalue weighted by molar-refractivity contribution is 0.0689. The van der Waals surface area contributed by atoms with Crippen molar-refractivity contribution in [2.24, 2.45) is 0 Å². The van der Waals surface area contributed by atoms with Gasteiger partial charge >= 0.3 is 0 Å². The summed E-state index contributed by atoms with van der Waals surface area (Å²) >= 11 is 0. The summed E-state index contributed by atoms with van der Waals surface area (Å²) < 4.78 is 17.5. The van der Waals surface area contributed by atoms with Crippen LogP contribution in [0, 0.1) is 6.92 Å². The summed E-state index contributed by atoms with van der Waals surface area (Å²) in [4.78, 5) is 15.5. The monoisotopic (exact) mass is 365 g/mol. The van der Waals surface area contributed by atoms with Crippen molar-refractivity contribution in [2.45, 2.75) is 33.4 Å². The Balaban J connectivity index is 1.96. The zero-order chi connectivity index (χ0) is 19.1. The third-order valence-corrected chi connectivity index (χ3v) is 5.15. The molecule has 0 fully saturated rings. The van der Waals surface area contributed by atoms with E-state index < -0.39 is 0 Å². The molecule has 0 saturated heterocycles. The summed E-state index contributed by atoms with van der Waals surface area (Å²) in [7, 11) is 1.60. The first-order valence-corrected chi connectivity index (χ1v) is 9.10. The van der Waals surface area contributed by atoms with Gasteiger partial charge in [0.1, 0.15) is 29.6 Å². The van der Waals surface area contributed by atoms with Crippen LogP contribution in [0.2, 0.25) is 0 Å². The van der Waals surface area contributed by atoms with Gasteiger partial charge in [-0.05, 0) is 39.0 Å². The van der Waals surface area contributed by atoms with Crippen LogP contribution < -0.4 is 14.9 Å². The van der Waals surface area contributed by atoms with Crippen LogP contribution in [0.5, 0.6) is 11.5 Å². The maximum absolute atomic E-state index is 13.3. The van der Waals surface area contributed by atoms with E-state index >= 15 is 0 Å². The fraction of sp³-hybridized carbons (Fsp3) is 0.318. The number of para-hydroxylation sites is 1. The van der Waals surface area contributed by atoms with Gasteiger partial charge in [-0.25, -0.2) is 0 Å². The van der Waals surface area contributed by atoms with Crippen molar-refractivity contribution in [1.82, 2.24) is 4.90 Å². The molecule has 27 heavy (non-hydrogen) atoms. The fourth-order valence-corrected chi connectivity index (χ4v) is 3.58. The van der Waals surface area contributed by atoms with Gasteiger partial charge in [0, 0.05) is 18.2 Å². The maximum atomic E-state index is 13.3. The molecule has 5 heteroatoms. The lowest BCUT2D eigenvalue weighted by atomic mass is 9.99. The molecule has 2 heterocycles. The zero-order valence-electron chi connectivity index (χ0n) is 16.0. The Morgan fingerprint density at radius 1 is 1.15 bits per heavy atom. The largest absolute Gasteiger partial charge is 0.496 e. The molecule has 2 aromatic carbocycles. The van der Waals surface area contributed by atoms with E-state index in [-0.39, 0.29) is 5.43 Å². The van der Waals surface area contributed by atoms with E-state index in [0.29, 0.717) is 47.4 Å². The van der Waals surface area contributed by atoms with Crippen LogP contribution in [-0.4, -0.2) is 24.8 Å². The van der Waals surface area contributed by atoms with Crippen molar-refractivity contribution < 1.29 is 13.9 Å². The molecule has 5 nitrogen and oxygen atoms in total. The van der Waals surface area contributed by atoms with Gasteiger partial charge in [-0.2, -0.15) is 0 Å². The molecule has 0 saturated carbocycles. The topological polar surface area (TPSA) is 51.9 Å². The lowest BCUT2D eigenvalue weighted by Crippen LogP contribution is -2.37. The molecule has 1 aromatic heterocycles. The summed E-state index contributed by atoms with van der Waals surface area (Å²) in [5.41, 5.74) is 2.77. The SMILES string of the molecule is COc1ccccc1-c1c(C)oc2c3c(ccc2c1=O)OCN(C(C)C)C3. The van der Waals surface area contributed by atoms with Gasteiger partial charge in [0.15, 0.2) is 0 Å². The number of fused-ring (bicyclic) bond motifs is 3. The van der Waals surface area contributed by atoms with Crippen molar-refractivity contribution in [3.8, 4) is 22.6 Å². The zero-order valence-corrected chi connectivity index (χ0v) is 16.0. The Morgan fingerprint density at radius 2 is 1.93 bits per heavy atom. The van der Waals surface area contributed by atoms with Crippen LogP contribution in [0.4, 0.5) is 0 Å². The molecule has 0 N–H and O–H groups in total. The van der Waals surface area contributed by atoms with Crippen LogP contribution in [0.25, 0.3) is 22.1 Å². The minimum absolute atomic E-state index is 0.0530. The molecule has 0 amide bonds. The fourth-order valence-electron chi connectivity index (χ4n) is 3.58. The number of benzene rings is 2. The second kappa shape index (κ2) is 6.74. The van der Waals surface area contributed by atoms with Crippen LogP contribution in [0.15, 0.2) is 45.6 Å². The number of ether oxygens (including phenoxy) is 2.